The Kier molecular flexibility index (Phi) is 2.48. The van der Waals surface area contributed by atoms with Gasteiger partial charge >= 0.3 is 5.97 Å². The Bertz CT molecular complexity index is 533. The molecule has 0 unspecified atom stereocenters. The number of pyridine rings is 1. The van der Waals surface area contributed by atoms with Gasteiger partial charge in [-0.2, -0.15) is 0 Å². The second-order valence-electron chi connectivity index (χ2n) is 3.13. The summed E-state index contributed by atoms with van der Waals surface area (Å²) < 4.78 is 7.30. The lowest BCUT2D eigenvalue weighted by Gasteiger charge is -2.00. The number of halogens is 1. The highest BCUT2D eigenvalue weighted by Gasteiger charge is 2.10. The predicted molar refractivity (Wildman–Crippen MR) is 59.0 cm³/mol. The van der Waals surface area contributed by atoms with E-state index < -0.39 is 0 Å². The quantitative estimate of drug-likeness (QED) is 0.745. The number of carbonyl (C=O) groups excluding carboxylic acids is 1. The normalized spacial score (nSPS) is 10.6. The average Bonchev–Trinajstić information content (AvgIpc) is 2.54. The van der Waals surface area contributed by atoms with Gasteiger partial charge in [-0.3, -0.25) is 4.40 Å². The van der Waals surface area contributed by atoms with Gasteiger partial charge in [-0.15, -0.1) is 0 Å². The van der Waals surface area contributed by atoms with E-state index in [1.54, 1.807) is 18.3 Å². The highest BCUT2D eigenvalue weighted by atomic mass is 79.9. The van der Waals surface area contributed by atoms with Crippen molar-refractivity contribution in [3.63, 3.8) is 0 Å². The first-order chi connectivity index (χ1) is 7.13. The standard InChI is InChI=1S/C10H9BrN2O2/c1-6-9(11)13-5-7(10(14)15-2)3-4-8(13)12-6/h3-5H,1-2H3. The first kappa shape index (κ1) is 10.2. The molecule has 0 saturated heterocycles. The Morgan fingerprint density at radius 1 is 1.53 bits per heavy atom. The summed E-state index contributed by atoms with van der Waals surface area (Å²) in [5.74, 6) is -0.352. The van der Waals surface area contributed by atoms with E-state index in [2.05, 4.69) is 25.7 Å². The Labute approximate surface area is 95.0 Å². The number of hydrogen-bond acceptors (Lipinski definition) is 3. The van der Waals surface area contributed by atoms with Crippen molar-refractivity contribution in [2.45, 2.75) is 6.92 Å². The Balaban J connectivity index is 2.64. The van der Waals surface area contributed by atoms with Crippen molar-refractivity contribution in [2.24, 2.45) is 0 Å². The third kappa shape index (κ3) is 1.63. The monoisotopic (exact) mass is 268 g/mol. The van der Waals surface area contributed by atoms with E-state index >= 15 is 0 Å². The van der Waals surface area contributed by atoms with Gasteiger partial charge in [0, 0.05) is 6.20 Å². The fraction of sp³-hybridized carbons (Fsp3) is 0.200. The van der Waals surface area contributed by atoms with Crippen molar-refractivity contribution in [3.8, 4) is 0 Å². The second kappa shape index (κ2) is 3.66. The van der Waals surface area contributed by atoms with Crippen molar-refractivity contribution in [1.82, 2.24) is 9.38 Å². The van der Waals surface area contributed by atoms with Gasteiger partial charge in [-0.25, -0.2) is 9.78 Å². The zero-order chi connectivity index (χ0) is 11.0. The summed E-state index contributed by atoms with van der Waals surface area (Å²) in [7, 11) is 1.36. The summed E-state index contributed by atoms with van der Waals surface area (Å²) in [6.45, 7) is 1.90. The molecule has 0 atom stereocenters. The van der Waals surface area contributed by atoms with Gasteiger partial charge in [0.05, 0.1) is 18.4 Å². The van der Waals surface area contributed by atoms with Gasteiger partial charge in [-0.05, 0) is 35.0 Å². The number of aromatic nitrogens is 2. The van der Waals surface area contributed by atoms with Crippen LogP contribution < -0.4 is 0 Å². The van der Waals surface area contributed by atoms with Gasteiger partial charge in [0.15, 0.2) is 0 Å². The van der Waals surface area contributed by atoms with Crippen molar-refractivity contribution < 1.29 is 9.53 Å². The fourth-order valence-corrected chi connectivity index (χ4v) is 1.74. The lowest BCUT2D eigenvalue weighted by molar-refractivity contribution is 0.0600. The molecule has 0 N–H and O–H groups in total. The number of imidazole rings is 1. The van der Waals surface area contributed by atoms with Crippen LogP contribution in [-0.4, -0.2) is 22.5 Å². The molecule has 0 aliphatic rings. The van der Waals surface area contributed by atoms with Gasteiger partial charge in [0.2, 0.25) is 0 Å². The summed E-state index contributed by atoms with van der Waals surface area (Å²) in [6, 6.07) is 3.48. The average molecular weight is 269 g/mol. The van der Waals surface area contributed by atoms with Crippen molar-refractivity contribution in [2.75, 3.05) is 7.11 Å². The number of esters is 1. The molecule has 0 aliphatic carbocycles. The van der Waals surface area contributed by atoms with E-state index in [0.29, 0.717) is 5.56 Å². The van der Waals surface area contributed by atoms with Crippen LogP contribution in [0.5, 0.6) is 0 Å². The van der Waals surface area contributed by atoms with Crippen LogP contribution in [0, 0.1) is 6.92 Å². The number of fused-ring (bicyclic) bond motifs is 1. The molecule has 2 rings (SSSR count). The highest BCUT2D eigenvalue weighted by molar-refractivity contribution is 9.10. The molecule has 0 radical (unpaired) electrons. The largest absolute Gasteiger partial charge is 0.465 e. The molecule has 0 saturated carbocycles. The number of hydrogen-bond donors (Lipinski definition) is 0. The molecule has 0 bridgehead atoms. The maximum Gasteiger partial charge on any atom is 0.339 e. The molecule has 0 aliphatic heterocycles. The van der Waals surface area contributed by atoms with Gasteiger partial charge in [-0.1, -0.05) is 0 Å². The van der Waals surface area contributed by atoms with Crippen LogP contribution in [0.25, 0.3) is 5.65 Å². The summed E-state index contributed by atoms with van der Waals surface area (Å²) in [5, 5.41) is 0. The first-order valence-electron chi connectivity index (χ1n) is 4.36. The number of rotatable bonds is 1. The molecular formula is C10H9BrN2O2. The number of nitrogens with zero attached hydrogens (tertiary/aromatic N) is 2. The van der Waals surface area contributed by atoms with Gasteiger partial charge < -0.3 is 4.74 Å². The lowest BCUT2D eigenvalue weighted by Crippen LogP contribution is -2.02. The molecular weight excluding hydrogens is 260 g/mol. The van der Waals surface area contributed by atoms with Crippen LogP contribution in [-0.2, 0) is 4.74 Å². The van der Waals surface area contributed by atoms with Crippen LogP contribution in [0.3, 0.4) is 0 Å². The highest BCUT2D eigenvalue weighted by Crippen LogP contribution is 2.18. The lowest BCUT2D eigenvalue weighted by atomic mass is 10.3. The summed E-state index contributed by atoms with van der Waals surface area (Å²) >= 11 is 3.40. The minimum absolute atomic E-state index is 0.352. The summed E-state index contributed by atoms with van der Waals surface area (Å²) in [6.07, 6.45) is 1.70. The molecule has 0 aromatic carbocycles. The summed E-state index contributed by atoms with van der Waals surface area (Å²) in [4.78, 5) is 15.6. The smallest absolute Gasteiger partial charge is 0.339 e. The molecule has 0 fully saturated rings. The Morgan fingerprint density at radius 3 is 2.93 bits per heavy atom. The number of carbonyl (C=O) groups is 1. The molecule has 2 aromatic heterocycles. The molecule has 0 amide bonds. The van der Waals surface area contributed by atoms with Crippen LogP contribution in [0.2, 0.25) is 0 Å². The molecule has 2 heterocycles. The maximum absolute atomic E-state index is 11.3. The molecule has 2 aromatic rings. The molecule has 0 spiro atoms. The van der Waals surface area contributed by atoms with Gasteiger partial charge in [0.1, 0.15) is 10.3 Å². The minimum Gasteiger partial charge on any atom is -0.465 e. The molecule has 15 heavy (non-hydrogen) atoms. The zero-order valence-corrected chi connectivity index (χ0v) is 9.91. The maximum atomic E-state index is 11.3. The Hall–Kier alpha value is -1.36. The Morgan fingerprint density at radius 2 is 2.27 bits per heavy atom. The van der Waals surface area contributed by atoms with Crippen LogP contribution in [0.15, 0.2) is 22.9 Å². The van der Waals surface area contributed by atoms with Crippen LogP contribution in [0.1, 0.15) is 16.1 Å². The van der Waals surface area contributed by atoms with E-state index in [0.717, 1.165) is 15.9 Å². The third-order valence-electron chi connectivity index (χ3n) is 2.14. The van der Waals surface area contributed by atoms with E-state index in [1.165, 1.54) is 7.11 Å². The van der Waals surface area contributed by atoms with E-state index in [-0.39, 0.29) is 5.97 Å². The minimum atomic E-state index is -0.352. The summed E-state index contributed by atoms with van der Waals surface area (Å²) in [5.41, 5.74) is 2.19. The van der Waals surface area contributed by atoms with Crippen molar-refractivity contribution in [1.29, 1.82) is 0 Å². The first-order valence-corrected chi connectivity index (χ1v) is 5.15. The zero-order valence-electron chi connectivity index (χ0n) is 8.32. The second-order valence-corrected chi connectivity index (χ2v) is 3.88. The van der Waals surface area contributed by atoms with Crippen LogP contribution >= 0.6 is 15.9 Å². The van der Waals surface area contributed by atoms with E-state index in [9.17, 15) is 4.79 Å². The molecule has 4 nitrogen and oxygen atoms in total. The van der Waals surface area contributed by atoms with E-state index in [1.807, 2.05) is 11.3 Å². The predicted octanol–water partition coefficient (Wildman–Crippen LogP) is 2.19. The number of ether oxygens (including phenoxy) is 1. The topological polar surface area (TPSA) is 43.6 Å². The number of aryl methyl sites for hydroxylation is 1. The molecule has 78 valence electrons. The third-order valence-corrected chi connectivity index (χ3v) is 3.10. The molecule has 5 heteroatoms. The van der Waals surface area contributed by atoms with E-state index in [4.69, 9.17) is 0 Å². The SMILES string of the molecule is COC(=O)c1ccc2nc(C)c(Br)n2c1. The van der Waals surface area contributed by atoms with Crippen LogP contribution in [0.4, 0.5) is 0 Å². The fourth-order valence-electron chi connectivity index (χ4n) is 1.37. The van der Waals surface area contributed by atoms with Crippen molar-refractivity contribution >= 4 is 27.5 Å². The van der Waals surface area contributed by atoms with Gasteiger partial charge in [0.25, 0.3) is 0 Å². The number of methoxy groups -OCH3 is 1. The van der Waals surface area contributed by atoms with Crippen molar-refractivity contribution in [3.05, 3.63) is 34.2 Å².